The second kappa shape index (κ2) is 7.39. The molecule has 2 aliphatic heterocycles. The lowest BCUT2D eigenvalue weighted by Gasteiger charge is -2.47. The molecule has 1 spiro atoms. The molecule has 0 N–H and O–H groups in total. The number of piperidine rings is 1. The summed E-state index contributed by atoms with van der Waals surface area (Å²) in [6, 6.07) is 17.9. The molecule has 136 valence electrons. The summed E-state index contributed by atoms with van der Waals surface area (Å²) < 4.78 is 6.05. The van der Waals surface area contributed by atoms with Crippen LogP contribution in [-0.4, -0.2) is 42.6 Å². The third-order valence-electron chi connectivity index (χ3n) is 5.44. The number of para-hydroxylation sites is 1. The van der Waals surface area contributed by atoms with Crippen LogP contribution >= 0.6 is 11.6 Å². The molecule has 0 atom stereocenters. The Balaban J connectivity index is 1.41. The molecule has 0 radical (unpaired) electrons. The van der Waals surface area contributed by atoms with E-state index in [1.165, 1.54) is 0 Å². The summed E-state index contributed by atoms with van der Waals surface area (Å²) in [5.41, 5.74) is 1.88. The first-order chi connectivity index (χ1) is 12.7. The molecule has 4 nitrogen and oxygen atoms in total. The fourth-order valence-corrected chi connectivity index (χ4v) is 4.04. The molecule has 0 unspecified atom stereocenters. The Hall–Kier alpha value is -1.88. The minimum Gasteiger partial charge on any atom is -0.363 e. The molecule has 2 aromatic carbocycles. The summed E-state index contributed by atoms with van der Waals surface area (Å²) in [5.74, 6) is 0.0420. The SMILES string of the molecule is O=C1COC2(CCN(Cc3ccccc3Cl)CC2)CN1c1ccccc1. The number of benzene rings is 2. The van der Waals surface area contributed by atoms with Gasteiger partial charge in [-0.15, -0.1) is 0 Å². The fourth-order valence-electron chi connectivity index (χ4n) is 3.85. The van der Waals surface area contributed by atoms with E-state index < -0.39 is 0 Å². The smallest absolute Gasteiger partial charge is 0.253 e. The number of carbonyl (C=O) groups is 1. The zero-order chi connectivity index (χ0) is 18.0. The van der Waals surface area contributed by atoms with Crippen molar-refractivity contribution in [2.75, 3.05) is 31.1 Å². The minimum absolute atomic E-state index is 0.0420. The van der Waals surface area contributed by atoms with E-state index in [2.05, 4.69) is 11.0 Å². The van der Waals surface area contributed by atoms with Crippen LogP contribution in [0.5, 0.6) is 0 Å². The van der Waals surface area contributed by atoms with E-state index in [9.17, 15) is 4.79 Å². The quantitative estimate of drug-likeness (QED) is 0.825. The predicted molar refractivity (Wildman–Crippen MR) is 103 cm³/mol. The molecular weight excluding hydrogens is 348 g/mol. The summed E-state index contributed by atoms with van der Waals surface area (Å²) in [6.45, 7) is 3.55. The van der Waals surface area contributed by atoms with Crippen molar-refractivity contribution >= 4 is 23.2 Å². The van der Waals surface area contributed by atoms with Gasteiger partial charge >= 0.3 is 0 Å². The first-order valence-electron chi connectivity index (χ1n) is 9.10. The molecular formula is C21H23ClN2O2. The van der Waals surface area contributed by atoms with E-state index in [0.717, 1.165) is 48.7 Å². The highest BCUT2D eigenvalue weighted by atomic mass is 35.5. The molecule has 2 heterocycles. The number of hydrogen-bond acceptors (Lipinski definition) is 3. The molecule has 1 amide bonds. The second-order valence-corrected chi connectivity index (χ2v) is 7.56. The lowest BCUT2D eigenvalue weighted by molar-refractivity contribution is -0.144. The third kappa shape index (κ3) is 3.63. The number of morpholine rings is 1. The maximum Gasteiger partial charge on any atom is 0.253 e. The zero-order valence-corrected chi connectivity index (χ0v) is 15.5. The van der Waals surface area contributed by atoms with Gasteiger partial charge in [-0.2, -0.15) is 0 Å². The molecule has 0 bridgehead atoms. The monoisotopic (exact) mass is 370 g/mol. The first kappa shape index (κ1) is 17.5. The number of amides is 1. The summed E-state index contributed by atoms with van der Waals surface area (Å²) in [6.07, 6.45) is 1.85. The number of likely N-dealkylation sites (tertiary alicyclic amines) is 1. The zero-order valence-electron chi connectivity index (χ0n) is 14.7. The van der Waals surface area contributed by atoms with Gasteiger partial charge in [-0.3, -0.25) is 9.69 Å². The van der Waals surface area contributed by atoms with Gasteiger partial charge in [0.1, 0.15) is 6.61 Å². The Labute approximate surface area is 159 Å². The topological polar surface area (TPSA) is 32.8 Å². The van der Waals surface area contributed by atoms with Crippen LogP contribution in [-0.2, 0) is 16.1 Å². The Bertz CT molecular complexity index is 773. The number of ether oxygens (including phenoxy) is 1. The maximum absolute atomic E-state index is 12.3. The molecule has 2 saturated heterocycles. The van der Waals surface area contributed by atoms with Crippen molar-refractivity contribution in [2.24, 2.45) is 0 Å². The number of nitrogens with zero attached hydrogens (tertiary/aromatic N) is 2. The number of hydrogen-bond donors (Lipinski definition) is 0. The van der Waals surface area contributed by atoms with Gasteiger partial charge in [0.25, 0.3) is 5.91 Å². The lowest BCUT2D eigenvalue weighted by Crippen LogP contribution is -2.58. The van der Waals surface area contributed by atoms with E-state index in [0.29, 0.717) is 6.54 Å². The normalized spacial score (nSPS) is 20.5. The van der Waals surface area contributed by atoms with Gasteiger partial charge in [0.2, 0.25) is 0 Å². The fraction of sp³-hybridized carbons (Fsp3) is 0.381. The molecule has 0 aromatic heterocycles. The van der Waals surface area contributed by atoms with Gasteiger partial charge in [-0.1, -0.05) is 48.0 Å². The second-order valence-electron chi connectivity index (χ2n) is 7.15. The molecule has 4 rings (SSSR count). The van der Waals surface area contributed by atoms with Crippen LogP contribution in [0.25, 0.3) is 0 Å². The van der Waals surface area contributed by atoms with E-state index in [-0.39, 0.29) is 18.1 Å². The van der Waals surface area contributed by atoms with E-state index in [4.69, 9.17) is 16.3 Å². The van der Waals surface area contributed by atoms with Crippen LogP contribution < -0.4 is 4.90 Å². The highest BCUT2D eigenvalue weighted by Crippen LogP contribution is 2.33. The van der Waals surface area contributed by atoms with E-state index in [1.807, 2.05) is 53.4 Å². The Morgan fingerprint density at radius 3 is 2.42 bits per heavy atom. The van der Waals surface area contributed by atoms with E-state index >= 15 is 0 Å². The molecule has 5 heteroatoms. The van der Waals surface area contributed by atoms with Crippen LogP contribution in [0.1, 0.15) is 18.4 Å². The van der Waals surface area contributed by atoms with Crippen LogP contribution in [0.2, 0.25) is 5.02 Å². The highest BCUT2D eigenvalue weighted by Gasteiger charge is 2.42. The van der Waals surface area contributed by atoms with Gasteiger partial charge < -0.3 is 9.64 Å². The number of rotatable bonds is 3. The standard InChI is InChI=1S/C21H23ClN2O2/c22-19-9-5-4-6-17(19)14-23-12-10-21(11-13-23)16-24(20(25)15-26-21)18-7-2-1-3-8-18/h1-9H,10-16H2. The van der Waals surface area contributed by atoms with Crippen LogP contribution in [0, 0.1) is 0 Å². The summed E-state index contributed by atoms with van der Waals surface area (Å²) in [4.78, 5) is 16.6. The molecule has 2 aromatic rings. The Kier molecular flexibility index (Phi) is 4.98. The Morgan fingerprint density at radius 2 is 1.69 bits per heavy atom. The van der Waals surface area contributed by atoms with Crippen molar-refractivity contribution < 1.29 is 9.53 Å². The highest BCUT2D eigenvalue weighted by molar-refractivity contribution is 6.31. The van der Waals surface area contributed by atoms with Gasteiger partial charge in [-0.25, -0.2) is 0 Å². The van der Waals surface area contributed by atoms with Gasteiger partial charge in [0.05, 0.1) is 12.1 Å². The van der Waals surface area contributed by atoms with Crippen LogP contribution in [0.4, 0.5) is 5.69 Å². The van der Waals surface area contributed by atoms with Gasteiger partial charge in [0, 0.05) is 30.3 Å². The number of anilines is 1. The average molecular weight is 371 g/mol. The van der Waals surface area contributed by atoms with Crippen molar-refractivity contribution in [1.29, 1.82) is 0 Å². The molecule has 2 fully saturated rings. The van der Waals surface area contributed by atoms with Crippen molar-refractivity contribution in [3.8, 4) is 0 Å². The molecule has 0 saturated carbocycles. The summed E-state index contributed by atoms with van der Waals surface area (Å²) in [7, 11) is 0. The average Bonchev–Trinajstić information content (AvgIpc) is 2.68. The van der Waals surface area contributed by atoms with Crippen molar-refractivity contribution in [1.82, 2.24) is 4.90 Å². The maximum atomic E-state index is 12.3. The molecule has 2 aliphatic rings. The number of halogens is 1. The van der Waals surface area contributed by atoms with Crippen molar-refractivity contribution in [3.63, 3.8) is 0 Å². The van der Waals surface area contributed by atoms with Crippen molar-refractivity contribution in [2.45, 2.75) is 25.0 Å². The first-order valence-corrected chi connectivity index (χ1v) is 9.48. The minimum atomic E-state index is -0.235. The summed E-state index contributed by atoms with van der Waals surface area (Å²) >= 11 is 6.29. The van der Waals surface area contributed by atoms with Crippen LogP contribution in [0.15, 0.2) is 54.6 Å². The Morgan fingerprint density at radius 1 is 1.00 bits per heavy atom. The van der Waals surface area contributed by atoms with E-state index in [1.54, 1.807) is 0 Å². The molecule has 26 heavy (non-hydrogen) atoms. The van der Waals surface area contributed by atoms with Gasteiger partial charge in [-0.05, 0) is 36.6 Å². The third-order valence-corrected chi connectivity index (χ3v) is 5.80. The van der Waals surface area contributed by atoms with Gasteiger partial charge in [0.15, 0.2) is 0 Å². The largest absolute Gasteiger partial charge is 0.363 e. The summed E-state index contributed by atoms with van der Waals surface area (Å²) in [5, 5.41) is 0.822. The predicted octanol–water partition coefficient (Wildman–Crippen LogP) is 3.74. The van der Waals surface area contributed by atoms with Crippen molar-refractivity contribution in [3.05, 3.63) is 65.2 Å². The van der Waals surface area contributed by atoms with Crippen LogP contribution in [0.3, 0.4) is 0 Å². The number of carbonyl (C=O) groups excluding carboxylic acids is 1. The lowest BCUT2D eigenvalue weighted by atomic mass is 9.88. The molecule has 0 aliphatic carbocycles.